The minimum absolute atomic E-state index is 0.131. The number of ether oxygens (including phenoxy) is 1. The lowest BCUT2D eigenvalue weighted by atomic mass is 10.1. The highest BCUT2D eigenvalue weighted by molar-refractivity contribution is 7.99. The van der Waals surface area contributed by atoms with Crippen molar-refractivity contribution in [3.05, 3.63) is 0 Å². The molecule has 0 aliphatic carbocycles. The first kappa shape index (κ1) is 10.8. The summed E-state index contributed by atoms with van der Waals surface area (Å²) in [4.78, 5) is 0. The van der Waals surface area contributed by atoms with E-state index in [0.717, 1.165) is 0 Å². The van der Waals surface area contributed by atoms with Gasteiger partial charge in [-0.15, -0.1) is 0 Å². The molecule has 0 aliphatic rings. The summed E-state index contributed by atoms with van der Waals surface area (Å²) < 4.78 is 5.18. The number of thioether (sulfide) groups is 1. The monoisotopic (exact) mass is 175 g/mol. The van der Waals surface area contributed by atoms with Gasteiger partial charge in [-0.25, -0.2) is 0 Å². The van der Waals surface area contributed by atoms with E-state index >= 15 is 0 Å². The predicted molar refractivity (Wildman–Crippen MR) is 51.6 cm³/mol. The molecule has 0 aromatic rings. The SMILES string of the molecule is CCOC(=N)CC(C)(C)SC. The van der Waals surface area contributed by atoms with E-state index in [2.05, 4.69) is 20.1 Å². The summed E-state index contributed by atoms with van der Waals surface area (Å²) in [5.74, 6) is 0.395. The largest absolute Gasteiger partial charge is 0.481 e. The van der Waals surface area contributed by atoms with Crippen molar-refractivity contribution in [2.45, 2.75) is 31.9 Å². The summed E-state index contributed by atoms with van der Waals surface area (Å²) in [6.07, 6.45) is 2.77. The van der Waals surface area contributed by atoms with Crippen molar-refractivity contribution >= 4 is 17.7 Å². The minimum Gasteiger partial charge on any atom is -0.481 e. The average Bonchev–Trinajstić information content (AvgIpc) is 1.87. The number of rotatable bonds is 4. The van der Waals surface area contributed by atoms with Crippen LogP contribution in [0.15, 0.2) is 0 Å². The first-order valence-electron chi connectivity index (χ1n) is 3.77. The topological polar surface area (TPSA) is 33.1 Å². The van der Waals surface area contributed by atoms with Crippen molar-refractivity contribution in [2.24, 2.45) is 0 Å². The molecule has 0 heterocycles. The minimum atomic E-state index is 0.131. The van der Waals surface area contributed by atoms with Crippen LogP contribution in [0.4, 0.5) is 0 Å². The van der Waals surface area contributed by atoms with Crippen LogP contribution >= 0.6 is 11.8 Å². The van der Waals surface area contributed by atoms with Gasteiger partial charge in [-0.1, -0.05) is 13.8 Å². The molecular weight excluding hydrogens is 158 g/mol. The molecule has 0 saturated carbocycles. The van der Waals surface area contributed by atoms with Gasteiger partial charge in [-0.2, -0.15) is 11.8 Å². The lowest BCUT2D eigenvalue weighted by Gasteiger charge is -2.21. The van der Waals surface area contributed by atoms with Gasteiger partial charge < -0.3 is 4.74 Å². The van der Waals surface area contributed by atoms with Crippen LogP contribution in [0, 0.1) is 5.41 Å². The highest BCUT2D eigenvalue weighted by atomic mass is 32.2. The molecule has 0 aromatic carbocycles. The van der Waals surface area contributed by atoms with Crippen molar-refractivity contribution in [2.75, 3.05) is 12.9 Å². The summed E-state index contributed by atoms with van der Waals surface area (Å²) in [5.41, 5.74) is 0. The molecule has 11 heavy (non-hydrogen) atoms. The van der Waals surface area contributed by atoms with Gasteiger partial charge in [0.15, 0.2) is 5.90 Å². The van der Waals surface area contributed by atoms with E-state index < -0.39 is 0 Å². The Kier molecular flexibility index (Phi) is 4.57. The summed E-state index contributed by atoms with van der Waals surface area (Å²) in [7, 11) is 0. The smallest absolute Gasteiger partial charge is 0.181 e. The lowest BCUT2D eigenvalue weighted by Crippen LogP contribution is -2.20. The fourth-order valence-corrected chi connectivity index (χ4v) is 0.960. The lowest BCUT2D eigenvalue weighted by molar-refractivity contribution is 0.310. The highest BCUT2D eigenvalue weighted by Crippen LogP contribution is 2.25. The van der Waals surface area contributed by atoms with Gasteiger partial charge in [0, 0.05) is 11.2 Å². The Bertz CT molecular complexity index is 134. The molecule has 0 saturated heterocycles. The maximum absolute atomic E-state index is 7.41. The van der Waals surface area contributed by atoms with Crippen LogP contribution in [0.3, 0.4) is 0 Å². The van der Waals surface area contributed by atoms with Crippen LogP contribution in [-0.4, -0.2) is 23.5 Å². The first-order valence-corrected chi connectivity index (χ1v) is 4.99. The van der Waals surface area contributed by atoms with Gasteiger partial charge in [-0.05, 0) is 13.2 Å². The van der Waals surface area contributed by atoms with Crippen molar-refractivity contribution in [3.63, 3.8) is 0 Å². The Labute approximate surface area is 73.2 Å². The zero-order valence-corrected chi connectivity index (χ0v) is 8.55. The molecule has 1 N–H and O–H groups in total. The van der Waals surface area contributed by atoms with E-state index in [1.165, 1.54) is 0 Å². The van der Waals surface area contributed by atoms with E-state index in [0.29, 0.717) is 18.9 Å². The number of hydrogen-bond acceptors (Lipinski definition) is 3. The standard InChI is InChI=1S/C8H17NOS/c1-5-10-7(9)6-8(2,3)11-4/h9H,5-6H2,1-4H3. The number of nitrogens with one attached hydrogen (secondary N) is 1. The zero-order chi connectivity index (χ0) is 8.91. The summed E-state index contributed by atoms with van der Waals surface area (Å²) in [6.45, 7) is 6.74. The molecule has 0 aromatic heterocycles. The van der Waals surface area contributed by atoms with Crippen LogP contribution < -0.4 is 0 Å². The summed E-state index contributed by atoms with van der Waals surface area (Å²) in [6, 6.07) is 0. The molecule has 0 fully saturated rings. The van der Waals surface area contributed by atoms with Crippen molar-refractivity contribution < 1.29 is 4.74 Å². The highest BCUT2D eigenvalue weighted by Gasteiger charge is 2.18. The van der Waals surface area contributed by atoms with E-state index in [4.69, 9.17) is 10.1 Å². The Morgan fingerprint density at radius 1 is 1.55 bits per heavy atom. The average molecular weight is 175 g/mol. The summed E-state index contributed by atoms with van der Waals surface area (Å²) in [5, 5.41) is 7.41. The molecule has 0 spiro atoms. The van der Waals surface area contributed by atoms with Crippen LogP contribution in [0.2, 0.25) is 0 Å². The number of hydrogen-bond donors (Lipinski definition) is 1. The normalized spacial score (nSPS) is 11.3. The van der Waals surface area contributed by atoms with E-state index in [-0.39, 0.29) is 4.75 Å². The predicted octanol–water partition coefficient (Wildman–Crippen LogP) is 2.53. The maximum atomic E-state index is 7.41. The Morgan fingerprint density at radius 3 is 2.45 bits per heavy atom. The Balaban J connectivity index is 3.74. The quantitative estimate of drug-likeness (QED) is 0.526. The van der Waals surface area contributed by atoms with E-state index in [1.807, 2.05) is 6.92 Å². The Hall–Kier alpha value is -0.180. The fourth-order valence-electron chi connectivity index (χ4n) is 0.684. The maximum Gasteiger partial charge on any atom is 0.181 e. The molecule has 0 radical (unpaired) electrons. The molecule has 3 heteroatoms. The van der Waals surface area contributed by atoms with Gasteiger partial charge in [0.25, 0.3) is 0 Å². The van der Waals surface area contributed by atoms with Crippen molar-refractivity contribution in [3.8, 4) is 0 Å². The molecule has 0 amide bonds. The van der Waals surface area contributed by atoms with Crippen molar-refractivity contribution in [1.82, 2.24) is 0 Å². The van der Waals surface area contributed by atoms with Gasteiger partial charge in [0.1, 0.15) is 0 Å². The second-order valence-electron chi connectivity index (χ2n) is 3.00. The molecule has 0 aliphatic heterocycles. The second kappa shape index (κ2) is 4.65. The van der Waals surface area contributed by atoms with Crippen molar-refractivity contribution in [1.29, 1.82) is 5.41 Å². The molecule has 2 nitrogen and oxygen atoms in total. The van der Waals surface area contributed by atoms with Gasteiger partial charge in [-0.3, -0.25) is 5.41 Å². The summed E-state index contributed by atoms with van der Waals surface area (Å²) >= 11 is 1.76. The Morgan fingerprint density at radius 2 is 2.09 bits per heavy atom. The molecule has 0 rings (SSSR count). The molecule has 0 atom stereocenters. The fraction of sp³-hybridized carbons (Fsp3) is 0.875. The zero-order valence-electron chi connectivity index (χ0n) is 7.73. The molecule has 0 bridgehead atoms. The van der Waals surface area contributed by atoms with E-state index in [9.17, 15) is 0 Å². The molecule has 66 valence electrons. The van der Waals surface area contributed by atoms with Gasteiger partial charge in [0.2, 0.25) is 0 Å². The van der Waals surface area contributed by atoms with Crippen LogP contribution in [0.1, 0.15) is 27.2 Å². The third kappa shape index (κ3) is 5.13. The molecule has 0 unspecified atom stereocenters. The van der Waals surface area contributed by atoms with Gasteiger partial charge >= 0.3 is 0 Å². The van der Waals surface area contributed by atoms with Crippen LogP contribution in [-0.2, 0) is 4.74 Å². The van der Waals surface area contributed by atoms with Crippen LogP contribution in [0.5, 0.6) is 0 Å². The first-order chi connectivity index (χ1) is 5.02. The van der Waals surface area contributed by atoms with Crippen LogP contribution in [0.25, 0.3) is 0 Å². The third-order valence-electron chi connectivity index (χ3n) is 1.46. The van der Waals surface area contributed by atoms with Gasteiger partial charge in [0.05, 0.1) is 6.61 Å². The van der Waals surface area contributed by atoms with E-state index in [1.54, 1.807) is 11.8 Å². The third-order valence-corrected chi connectivity index (χ3v) is 2.71. The second-order valence-corrected chi connectivity index (χ2v) is 4.51. The molecular formula is C8H17NOS.